The van der Waals surface area contributed by atoms with Crippen LogP contribution in [0.25, 0.3) is 0 Å². The molecule has 0 bridgehead atoms. The number of rotatable bonds is 3. The minimum Gasteiger partial charge on any atom is -0.486 e. The molecule has 0 fully saturated rings. The molecule has 1 unspecified atom stereocenters. The second-order valence-electron chi connectivity index (χ2n) is 3.85. The summed E-state index contributed by atoms with van der Waals surface area (Å²) in [5.41, 5.74) is -0.358. The third kappa shape index (κ3) is 1.92. The molecule has 1 aromatic carbocycles. The Hall–Kier alpha value is -1.22. The molecule has 0 radical (unpaired) electrons. The quantitative estimate of drug-likeness (QED) is 0.825. The van der Waals surface area contributed by atoms with Crippen molar-refractivity contribution >= 4 is 0 Å². The van der Waals surface area contributed by atoms with Gasteiger partial charge in [0.05, 0.1) is 0 Å². The van der Waals surface area contributed by atoms with Crippen LogP contribution in [0.15, 0.2) is 24.3 Å². The van der Waals surface area contributed by atoms with Crippen molar-refractivity contribution < 1.29 is 14.6 Å². The molecule has 1 heterocycles. The summed E-state index contributed by atoms with van der Waals surface area (Å²) in [6, 6.07) is 7.64. The molecule has 0 spiro atoms. The topological polar surface area (TPSA) is 38.7 Å². The second-order valence-corrected chi connectivity index (χ2v) is 3.85. The number of para-hydroxylation sites is 2. The monoisotopic (exact) mass is 208 g/mol. The zero-order chi connectivity index (χ0) is 10.7. The molecule has 1 aromatic rings. The lowest BCUT2D eigenvalue weighted by Gasteiger charge is -2.37. The Labute approximate surface area is 89.6 Å². The zero-order valence-electron chi connectivity index (χ0n) is 8.90. The van der Waals surface area contributed by atoms with E-state index >= 15 is 0 Å². The number of ether oxygens (including phenoxy) is 2. The van der Waals surface area contributed by atoms with Crippen molar-refractivity contribution in [2.45, 2.75) is 25.4 Å². The lowest BCUT2D eigenvalue weighted by Crippen LogP contribution is -2.45. The van der Waals surface area contributed by atoms with Crippen molar-refractivity contribution in [3.63, 3.8) is 0 Å². The lowest BCUT2D eigenvalue weighted by atomic mass is 9.96. The fourth-order valence-corrected chi connectivity index (χ4v) is 1.80. The van der Waals surface area contributed by atoms with E-state index in [2.05, 4.69) is 0 Å². The maximum Gasteiger partial charge on any atom is 0.162 e. The van der Waals surface area contributed by atoms with E-state index in [1.165, 1.54) is 0 Å². The summed E-state index contributed by atoms with van der Waals surface area (Å²) in [6.07, 6.45) is 1.44. The van der Waals surface area contributed by atoms with E-state index in [-0.39, 0.29) is 12.2 Å². The summed E-state index contributed by atoms with van der Waals surface area (Å²) < 4.78 is 11.6. The van der Waals surface area contributed by atoms with Gasteiger partial charge in [0, 0.05) is 13.0 Å². The maximum atomic E-state index is 9.03. The fraction of sp³-hybridized carbons (Fsp3) is 0.500. The van der Waals surface area contributed by atoms with Gasteiger partial charge in [-0.2, -0.15) is 0 Å². The first-order valence-corrected chi connectivity index (χ1v) is 5.31. The second kappa shape index (κ2) is 4.11. The Kier molecular flexibility index (Phi) is 2.82. The summed E-state index contributed by atoms with van der Waals surface area (Å²) >= 11 is 0. The van der Waals surface area contributed by atoms with E-state index in [1.54, 1.807) is 0 Å². The van der Waals surface area contributed by atoms with Gasteiger partial charge in [-0.05, 0) is 18.6 Å². The zero-order valence-corrected chi connectivity index (χ0v) is 8.90. The van der Waals surface area contributed by atoms with Crippen LogP contribution in [-0.2, 0) is 0 Å². The molecule has 0 saturated heterocycles. The predicted molar refractivity (Wildman–Crippen MR) is 57.3 cm³/mol. The fourth-order valence-electron chi connectivity index (χ4n) is 1.80. The summed E-state index contributed by atoms with van der Waals surface area (Å²) in [4.78, 5) is 0. The molecule has 3 heteroatoms. The molecule has 15 heavy (non-hydrogen) atoms. The van der Waals surface area contributed by atoms with Gasteiger partial charge in [0.1, 0.15) is 12.2 Å². The molecule has 0 aromatic heterocycles. The van der Waals surface area contributed by atoms with Crippen molar-refractivity contribution in [3.05, 3.63) is 24.3 Å². The van der Waals surface area contributed by atoms with Crippen LogP contribution in [0.1, 0.15) is 19.8 Å². The average Bonchev–Trinajstić information content (AvgIpc) is 2.29. The highest BCUT2D eigenvalue weighted by atomic mass is 16.6. The van der Waals surface area contributed by atoms with E-state index < -0.39 is 0 Å². The molecule has 1 atom stereocenters. The molecular formula is C12H16O3. The first-order chi connectivity index (χ1) is 7.29. The minimum absolute atomic E-state index is 0.124. The van der Waals surface area contributed by atoms with Crippen LogP contribution < -0.4 is 9.47 Å². The number of aliphatic hydroxyl groups is 1. The summed E-state index contributed by atoms with van der Waals surface area (Å²) in [6.45, 7) is 2.69. The van der Waals surface area contributed by atoms with E-state index in [4.69, 9.17) is 14.6 Å². The number of fused-ring (bicyclic) bond motifs is 1. The number of hydrogen-bond donors (Lipinski definition) is 1. The van der Waals surface area contributed by atoms with Crippen molar-refractivity contribution in [2.75, 3.05) is 13.2 Å². The number of benzene rings is 1. The van der Waals surface area contributed by atoms with Gasteiger partial charge in [0.25, 0.3) is 0 Å². The number of aliphatic hydroxyl groups excluding tert-OH is 1. The molecule has 3 nitrogen and oxygen atoms in total. The molecule has 1 aliphatic rings. The third-order valence-electron chi connectivity index (χ3n) is 2.88. The Morgan fingerprint density at radius 1 is 1.33 bits per heavy atom. The Balaban J connectivity index is 2.22. The first kappa shape index (κ1) is 10.3. The molecule has 0 saturated carbocycles. The van der Waals surface area contributed by atoms with Gasteiger partial charge in [0.15, 0.2) is 11.5 Å². The average molecular weight is 208 g/mol. The van der Waals surface area contributed by atoms with Crippen LogP contribution in [0, 0.1) is 0 Å². The SMILES string of the molecule is CCC1(CCO)COc2ccccc2O1. The molecule has 0 aliphatic carbocycles. The highest BCUT2D eigenvalue weighted by Gasteiger charge is 2.35. The highest BCUT2D eigenvalue weighted by molar-refractivity contribution is 5.41. The van der Waals surface area contributed by atoms with Gasteiger partial charge >= 0.3 is 0 Å². The summed E-state index contributed by atoms with van der Waals surface area (Å²) in [5.74, 6) is 1.57. The first-order valence-electron chi connectivity index (χ1n) is 5.31. The van der Waals surface area contributed by atoms with Crippen LogP contribution >= 0.6 is 0 Å². The largest absolute Gasteiger partial charge is 0.486 e. The lowest BCUT2D eigenvalue weighted by molar-refractivity contribution is -0.0279. The molecular weight excluding hydrogens is 192 g/mol. The standard InChI is InChI=1S/C12H16O3/c1-2-12(7-8-13)9-14-10-5-3-4-6-11(10)15-12/h3-6,13H,2,7-9H2,1H3. The molecule has 0 amide bonds. The van der Waals surface area contributed by atoms with Gasteiger partial charge in [-0.1, -0.05) is 19.1 Å². The molecule has 1 aliphatic heterocycles. The van der Waals surface area contributed by atoms with Crippen LogP contribution in [-0.4, -0.2) is 23.9 Å². The third-order valence-corrected chi connectivity index (χ3v) is 2.88. The molecule has 82 valence electrons. The van der Waals surface area contributed by atoms with E-state index in [1.807, 2.05) is 31.2 Å². The van der Waals surface area contributed by atoms with Gasteiger partial charge in [0.2, 0.25) is 0 Å². The maximum absolute atomic E-state index is 9.03. The number of hydrogen-bond acceptors (Lipinski definition) is 3. The van der Waals surface area contributed by atoms with Gasteiger partial charge < -0.3 is 14.6 Å². The normalized spacial score (nSPS) is 23.9. The van der Waals surface area contributed by atoms with Crippen molar-refractivity contribution in [3.8, 4) is 11.5 Å². The Bertz CT molecular complexity index is 337. The Morgan fingerprint density at radius 3 is 2.73 bits per heavy atom. The molecule has 2 rings (SSSR count). The summed E-state index contributed by atoms with van der Waals surface area (Å²) in [5, 5.41) is 9.03. The highest BCUT2D eigenvalue weighted by Crippen LogP contribution is 2.37. The van der Waals surface area contributed by atoms with Crippen LogP contribution in [0.5, 0.6) is 11.5 Å². The van der Waals surface area contributed by atoms with Crippen molar-refractivity contribution in [1.29, 1.82) is 0 Å². The van der Waals surface area contributed by atoms with Gasteiger partial charge in [-0.15, -0.1) is 0 Å². The molecule has 1 N–H and O–H groups in total. The summed E-state index contributed by atoms with van der Waals surface area (Å²) in [7, 11) is 0. The van der Waals surface area contributed by atoms with Crippen LogP contribution in [0.3, 0.4) is 0 Å². The minimum atomic E-state index is -0.358. The van der Waals surface area contributed by atoms with Gasteiger partial charge in [-0.3, -0.25) is 0 Å². The van der Waals surface area contributed by atoms with E-state index in [0.717, 1.165) is 17.9 Å². The smallest absolute Gasteiger partial charge is 0.162 e. The van der Waals surface area contributed by atoms with E-state index in [9.17, 15) is 0 Å². The van der Waals surface area contributed by atoms with Crippen LogP contribution in [0.4, 0.5) is 0 Å². The Morgan fingerprint density at radius 2 is 2.07 bits per heavy atom. The van der Waals surface area contributed by atoms with Crippen LogP contribution in [0.2, 0.25) is 0 Å². The van der Waals surface area contributed by atoms with Crippen molar-refractivity contribution in [1.82, 2.24) is 0 Å². The predicted octanol–water partition coefficient (Wildman–Crippen LogP) is 1.99. The van der Waals surface area contributed by atoms with Gasteiger partial charge in [-0.25, -0.2) is 0 Å². The van der Waals surface area contributed by atoms with E-state index in [0.29, 0.717) is 13.0 Å². The van der Waals surface area contributed by atoms with Crippen molar-refractivity contribution in [2.24, 2.45) is 0 Å².